The highest BCUT2D eigenvalue weighted by atomic mass is 35.5. The summed E-state index contributed by atoms with van der Waals surface area (Å²) < 4.78 is 27.7. The smallest absolute Gasteiger partial charge is 0.240 e. The molecule has 0 atom stereocenters. The van der Waals surface area contributed by atoms with Crippen molar-refractivity contribution in [3.8, 4) is 10.6 Å². The maximum Gasteiger partial charge on any atom is 0.240 e. The lowest BCUT2D eigenvalue weighted by Crippen LogP contribution is -2.46. The van der Waals surface area contributed by atoms with Gasteiger partial charge in [-0.25, -0.2) is 18.1 Å². The fourth-order valence-corrected chi connectivity index (χ4v) is 4.50. The van der Waals surface area contributed by atoms with Gasteiger partial charge < -0.3 is 5.32 Å². The van der Waals surface area contributed by atoms with E-state index in [9.17, 15) is 8.42 Å². The molecule has 1 aliphatic rings. The van der Waals surface area contributed by atoms with Crippen LogP contribution >= 0.6 is 36.2 Å². The summed E-state index contributed by atoms with van der Waals surface area (Å²) in [4.78, 5) is 6.96. The number of hydrogen-bond donors (Lipinski definition) is 2. The standard InChI is InChI=1S/C16H22N4O2S2.2ClH/c1-13-12-23-16(19-13)14-3-2-4-15(11-14)24(21,22)18-7-10-20-8-5-17-6-9-20;;/h2-4,11-12,17-18H,5-10H2,1H3;2*1H. The summed E-state index contributed by atoms with van der Waals surface area (Å²) in [6, 6.07) is 6.96. The van der Waals surface area contributed by atoms with E-state index >= 15 is 0 Å². The largest absolute Gasteiger partial charge is 0.314 e. The van der Waals surface area contributed by atoms with E-state index in [0.29, 0.717) is 6.54 Å². The van der Waals surface area contributed by atoms with Crippen LogP contribution in [0.3, 0.4) is 0 Å². The van der Waals surface area contributed by atoms with E-state index in [0.717, 1.165) is 49.0 Å². The van der Waals surface area contributed by atoms with Crippen LogP contribution in [0.2, 0.25) is 0 Å². The third kappa shape index (κ3) is 6.16. The molecule has 1 aliphatic heterocycles. The van der Waals surface area contributed by atoms with Crippen molar-refractivity contribution >= 4 is 46.2 Å². The molecule has 6 nitrogen and oxygen atoms in total. The van der Waals surface area contributed by atoms with Gasteiger partial charge in [-0.2, -0.15) is 0 Å². The Kier molecular flexibility index (Phi) is 9.46. The van der Waals surface area contributed by atoms with Crippen LogP contribution in [0, 0.1) is 6.92 Å². The first-order valence-corrected chi connectivity index (χ1v) is 10.4. The zero-order chi connectivity index (χ0) is 17.0. The lowest BCUT2D eigenvalue weighted by Gasteiger charge is -2.27. The van der Waals surface area contributed by atoms with E-state index in [-0.39, 0.29) is 29.7 Å². The molecule has 3 rings (SSSR count). The van der Waals surface area contributed by atoms with E-state index < -0.39 is 10.0 Å². The van der Waals surface area contributed by atoms with Crippen LogP contribution in [0.1, 0.15) is 5.69 Å². The van der Waals surface area contributed by atoms with Gasteiger partial charge in [-0.1, -0.05) is 12.1 Å². The van der Waals surface area contributed by atoms with Gasteiger partial charge in [0.1, 0.15) is 5.01 Å². The molecule has 2 aromatic rings. The molecule has 0 amide bonds. The van der Waals surface area contributed by atoms with Crippen molar-refractivity contribution in [3.63, 3.8) is 0 Å². The average molecular weight is 439 g/mol. The van der Waals surface area contributed by atoms with Crippen molar-refractivity contribution in [1.82, 2.24) is 19.9 Å². The Balaban J connectivity index is 0.00000169. The molecular formula is C16H24Cl2N4O2S2. The molecule has 0 saturated carbocycles. The minimum absolute atomic E-state index is 0. The van der Waals surface area contributed by atoms with Gasteiger partial charge in [-0.3, -0.25) is 4.90 Å². The van der Waals surface area contributed by atoms with Gasteiger partial charge in [0.25, 0.3) is 0 Å². The number of thiazole rings is 1. The molecule has 0 bridgehead atoms. The summed E-state index contributed by atoms with van der Waals surface area (Å²) >= 11 is 1.52. The molecule has 1 aromatic carbocycles. The number of hydrogen-bond acceptors (Lipinski definition) is 6. The van der Waals surface area contributed by atoms with Gasteiger partial charge in [0.05, 0.1) is 4.90 Å². The van der Waals surface area contributed by atoms with Gasteiger partial charge in [0, 0.05) is 55.9 Å². The van der Waals surface area contributed by atoms with Gasteiger partial charge in [-0.05, 0) is 19.1 Å². The van der Waals surface area contributed by atoms with E-state index in [1.54, 1.807) is 18.2 Å². The third-order valence-corrected chi connectivity index (χ3v) is 6.41. The van der Waals surface area contributed by atoms with Crippen molar-refractivity contribution in [2.45, 2.75) is 11.8 Å². The Hall–Kier alpha value is -0.740. The summed E-state index contributed by atoms with van der Waals surface area (Å²) in [7, 11) is -3.50. The molecule has 2 N–H and O–H groups in total. The Labute approximate surface area is 171 Å². The van der Waals surface area contributed by atoms with E-state index in [1.165, 1.54) is 11.3 Å². The number of nitrogens with zero attached hydrogens (tertiary/aromatic N) is 2. The van der Waals surface area contributed by atoms with Crippen LogP contribution in [0.5, 0.6) is 0 Å². The molecule has 26 heavy (non-hydrogen) atoms. The maximum atomic E-state index is 12.5. The molecule has 0 radical (unpaired) electrons. The highest BCUT2D eigenvalue weighted by Gasteiger charge is 2.16. The van der Waals surface area contributed by atoms with E-state index in [2.05, 4.69) is 19.9 Å². The molecule has 2 heterocycles. The Morgan fingerprint density at radius 1 is 1.27 bits per heavy atom. The van der Waals surface area contributed by atoms with Crippen molar-refractivity contribution in [1.29, 1.82) is 0 Å². The van der Waals surface area contributed by atoms with Crippen LogP contribution < -0.4 is 10.0 Å². The predicted molar refractivity (Wildman–Crippen MR) is 111 cm³/mol. The van der Waals surface area contributed by atoms with E-state index in [4.69, 9.17) is 0 Å². The fraction of sp³-hybridized carbons (Fsp3) is 0.438. The monoisotopic (exact) mass is 438 g/mol. The number of halogens is 2. The number of nitrogens with one attached hydrogen (secondary N) is 2. The lowest BCUT2D eigenvalue weighted by molar-refractivity contribution is 0.245. The number of rotatable bonds is 6. The number of piperazine rings is 1. The highest BCUT2D eigenvalue weighted by Crippen LogP contribution is 2.25. The zero-order valence-corrected chi connectivity index (χ0v) is 17.7. The number of sulfonamides is 1. The first kappa shape index (κ1) is 23.3. The molecule has 0 aliphatic carbocycles. The summed E-state index contributed by atoms with van der Waals surface area (Å²) in [5.41, 5.74) is 1.77. The van der Waals surface area contributed by atoms with Crippen molar-refractivity contribution < 1.29 is 8.42 Å². The average Bonchev–Trinajstić information content (AvgIpc) is 3.02. The molecule has 1 fully saturated rings. The summed E-state index contributed by atoms with van der Waals surface area (Å²) in [5.74, 6) is 0. The fourth-order valence-electron chi connectivity index (χ4n) is 2.64. The number of benzene rings is 1. The molecule has 0 unspecified atom stereocenters. The van der Waals surface area contributed by atoms with Gasteiger partial charge >= 0.3 is 0 Å². The summed E-state index contributed by atoms with van der Waals surface area (Å²) in [6.07, 6.45) is 0. The van der Waals surface area contributed by atoms with Gasteiger partial charge in [-0.15, -0.1) is 36.2 Å². The van der Waals surface area contributed by atoms with Gasteiger partial charge in [0.2, 0.25) is 10.0 Å². The quantitative estimate of drug-likeness (QED) is 0.722. The second-order valence-electron chi connectivity index (χ2n) is 5.81. The number of aryl methyl sites for hydroxylation is 1. The SMILES string of the molecule is Cc1csc(-c2cccc(S(=O)(=O)NCCN3CCNCC3)c2)n1.Cl.Cl. The minimum Gasteiger partial charge on any atom is -0.314 e. The van der Waals surface area contributed by atoms with Crippen molar-refractivity contribution in [3.05, 3.63) is 35.3 Å². The van der Waals surface area contributed by atoms with Gasteiger partial charge in [0.15, 0.2) is 0 Å². The summed E-state index contributed by atoms with van der Waals surface area (Å²) in [5, 5.41) is 6.08. The topological polar surface area (TPSA) is 74.3 Å². The molecule has 1 aromatic heterocycles. The second-order valence-corrected chi connectivity index (χ2v) is 8.44. The Morgan fingerprint density at radius 3 is 2.65 bits per heavy atom. The molecule has 0 spiro atoms. The van der Waals surface area contributed by atoms with E-state index in [1.807, 2.05) is 18.4 Å². The Morgan fingerprint density at radius 2 is 2.00 bits per heavy atom. The first-order chi connectivity index (χ1) is 11.5. The molecular weight excluding hydrogens is 415 g/mol. The Bertz CT molecular complexity index is 793. The normalized spacial score (nSPS) is 15.1. The maximum absolute atomic E-state index is 12.5. The minimum atomic E-state index is -3.50. The molecule has 10 heteroatoms. The molecule has 1 saturated heterocycles. The lowest BCUT2D eigenvalue weighted by atomic mass is 10.2. The van der Waals surface area contributed by atoms with Crippen LogP contribution in [-0.4, -0.2) is 57.6 Å². The van der Waals surface area contributed by atoms with Crippen LogP contribution in [0.25, 0.3) is 10.6 Å². The van der Waals surface area contributed by atoms with Crippen molar-refractivity contribution in [2.24, 2.45) is 0 Å². The van der Waals surface area contributed by atoms with Crippen LogP contribution in [0.4, 0.5) is 0 Å². The predicted octanol–water partition coefficient (Wildman–Crippen LogP) is 2.15. The first-order valence-electron chi connectivity index (χ1n) is 8.00. The second kappa shape index (κ2) is 10.6. The molecule has 146 valence electrons. The van der Waals surface area contributed by atoms with Crippen LogP contribution in [0.15, 0.2) is 34.5 Å². The number of aromatic nitrogens is 1. The van der Waals surface area contributed by atoms with Crippen molar-refractivity contribution in [2.75, 3.05) is 39.3 Å². The third-order valence-electron chi connectivity index (χ3n) is 3.94. The zero-order valence-electron chi connectivity index (χ0n) is 14.5. The summed E-state index contributed by atoms with van der Waals surface area (Å²) in [6.45, 7) is 6.92. The van der Waals surface area contributed by atoms with Crippen LogP contribution in [-0.2, 0) is 10.0 Å². The highest BCUT2D eigenvalue weighted by molar-refractivity contribution is 7.89.